The fourth-order valence-electron chi connectivity index (χ4n) is 4.18. The van der Waals surface area contributed by atoms with Gasteiger partial charge in [-0.3, -0.25) is 9.79 Å². The second-order valence-electron chi connectivity index (χ2n) is 9.24. The summed E-state index contributed by atoms with van der Waals surface area (Å²) in [6, 6.07) is 2.01. The Morgan fingerprint density at radius 2 is 2.03 bits per heavy atom. The fourth-order valence-corrected chi connectivity index (χ4v) is 4.18. The minimum absolute atomic E-state index is 0.0637. The molecule has 1 saturated heterocycles. The molecule has 1 saturated carbocycles. The standard InChI is InChI=1S/C17H25N7.C7H8N2O2.C2H6/c1-19-10-13-4-7-23(8-5-13)17-16-3-6-21-24(16)12-15(22-17)14(9-18)11-20-2;1-7(2-3-7)6-8-5(4-10)9-11-6;1-2/h3,6,9,11-13,19H,4-5,7-8,10,18H2,1-2H3;4H,2-3H2,1H3;1-2H3/b14-9+,20-11?;;. The summed E-state index contributed by atoms with van der Waals surface area (Å²) in [4.78, 5) is 25.4. The number of aliphatic imine (C=N–C) groups is 1. The van der Waals surface area contributed by atoms with Gasteiger partial charge in [0.15, 0.2) is 12.1 Å². The van der Waals surface area contributed by atoms with E-state index < -0.39 is 0 Å². The molecule has 0 spiro atoms. The number of rotatable bonds is 7. The number of hydrogen-bond donors (Lipinski definition) is 2. The van der Waals surface area contributed by atoms with Crippen molar-refractivity contribution in [2.24, 2.45) is 16.6 Å². The van der Waals surface area contributed by atoms with Gasteiger partial charge in [-0.2, -0.15) is 10.1 Å². The smallest absolute Gasteiger partial charge is 0.235 e. The lowest BCUT2D eigenvalue weighted by molar-refractivity contribution is 0.111. The average molecular weight is 510 g/mol. The van der Waals surface area contributed by atoms with Crippen LogP contribution >= 0.6 is 0 Å². The quantitative estimate of drug-likeness (QED) is 0.363. The van der Waals surface area contributed by atoms with E-state index in [0.717, 1.165) is 61.0 Å². The van der Waals surface area contributed by atoms with Crippen LogP contribution in [0.1, 0.15) is 68.7 Å². The first-order chi connectivity index (χ1) is 18.0. The van der Waals surface area contributed by atoms with Crippen molar-refractivity contribution in [2.75, 3.05) is 38.6 Å². The van der Waals surface area contributed by atoms with Crippen LogP contribution in [0.15, 0.2) is 34.2 Å². The van der Waals surface area contributed by atoms with Crippen molar-refractivity contribution in [2.45, 2.75) is 51.9 Å². The van der Waals surface area contributed by atoms with Crippen molar-refractivity contribution in [3.05, 3.63) is 42.1 Å². The van der Waals surface area contributed by atoms with Gasteiger partial charge in [0.1, 0.15) is 5.52 Å². The van der Waals surface area contributed by atoms with Gasteiger partial charge in [-0.15, -0.1) is 0 Å². The van der Waals surface area contributed by atoms with Crippen LogP contribution in [0.25, 0.3) is 11.1 Å². The van der Waals surface area contributed by atoms with Crippen LogP contribution < -0.4 is 16.0 Å². The van der Waals surface area contributed by atoms with Crippen LogP contribution in [0, 0.1) is 5.92 Å². The number of carbonyl (C=O) groups is 1. The predicted molar refractivity (Wildman–Crippen MR) is 146 cm³/mol. The zero-order valence-corrected chi connectivity index (χ0v) is 22.5. The van der Waals surface area contributed by atoms with E-state index in [1.165, 1.54) is 19.0 Å². The van der Waals surface area contributed by atoms with E-state index in [4.69, 9.17) is 15.2 Å². The first-order valence-electron chi connectivity index (χ1n) is 12.9. The molecular formula is C26H39N9O2. The molecule has 1 aliphatic carbocycles. The third-order valence-corrected chi connectivity index (χ3v) is 6.58. The first kappa shape index (κ1) is 28.0. The molecule has 4 heterocycles. The second kappa shape index (κ2) is 13.1. The molecule has 3 aromatic rings. The van der Waals surface area contributed by atoms with Crippen molar-refractivity contribution in [3.8, 4) is 0 Å². The monoisotopic (exact) mass is 509 g/mol. The van der Waals surface area contributed by atoms with E-state index in [9.17, 15) is 4.79 Å². The molecule has 0 aromatic carbocycles. The highest BCUT2D eigenvalue weighted by atomic mass is 16.5. The van der Waals surface area contributed by atoms with Crippen LogP contribution in [-0.4, -0.2) is 71.0 Å². The lowest BCUT2D eigenvalue weighted by atomic mass is 9.97. The number of allylic oxidation sites excluding steroid dienone is 1. The highest BCUT2D eigenvalue weighted by Crippen LogP contribution is 2.46. The Balaban J connectivity index is 0.000000243. The van der Waals surface area contributed by atoms with E-state index in [-0.39, 0.29) is 11.2 Å². The number of hydrogen-bond acceptors (Lipinski definition) is 10. The largest absolute Gasteiger partial charge is 0.404 e. The van der Waals surface area contributed by atoms with Crippen molar-refractivity contribution in [1.29, 1.82) is 0 Å². The molecule has 0 bridgehead atoms. The van der Waals surface area contributed by atoms with E-state index in [2.05, 4.69) is 37.4 Å². The van der Waals surface area contributed by atoms with E-state index in [0.29, 0.717) is 12.2 Å². The molecule has 37 heavy (non-hydrogen) atoms. The maximum absolute atomic E-state index is 10.2. The Bertz CT molecular complexity index is 1200. The molecule has 200 valence electrons. The van der Waals surface area contributed by atoms with Crippen molar-refractivity contribution >= 4 is 29.4 Å². The fraction of sp³-hybridized carbons (Fsp3) is 0.538. The van der Waals surface area contributed by atoms with Gasteiger partial charge in [-0.1, -0.05) is 25.9 Å². The topological polar surface area (TPSA) is 140 Å². The molecule has 2 aliphatic rings. The Morgan fingerprint density at radius 3 is 2.59 bits per heavy atom. The number of piperidine rings is 1. The predicted octanol–water partition coefficient (Wildman–Crippen LogP) is 3.13. The Morgan fingerprint density at radius 1 is 1.30 bits per heavy atom. The number of aromatic nitrogens is 5. The summed E-state index contributed by atoms with van der Waals surface area (Å²) in [7, 11) is 3.74. The highest BCUT2D eigenvalue weighted by Gasteiger charge is 2.44. The summed E-state index contributed by atoms with van der Waals surface area (Å²) in [6.45, 7) is 9.14. The number of nitrogens with zero attached hydrogens (tertiary/aromatic N) is 7. The molecule has 11 nitrogen and oxygen atoms in total. The maximum atomic E-state index is 10.2. The first-order valence-corrected chi connectivity index (χ1v) is 12.9. The number of fused-ring (bicyclic) bond motifs is 1. The molecular weight excluding hydrogens is 470 g/mol. The van der Waals surface area contributed by atoms with Crippen LogP contribution in [0.2, 0.25) is 0 Å². The van der Waals surface area contributed by atoms with Gasteiger partial charge in [0.25, 0.3) is 0 Å². The number of anilines is 1. The SMILES string of the molecule is CC.CC1(c2nc(C=O)no2)CC1.CN=C/C(=C\N)c1cn2nccc2c(N2CCC(CNC)CC2)n1. The molecule has 0 amide bonds. The third kappa shape index (κ3) is 6.79. The van der Waals surface area contributed by atoms with Crippen LogP contribution in [0.4, 0.5) is 5.82 Å². The number of carbonyl (C=O) groups excluding carboxylic acids is 1. The third-order valence-electron chi connectivity index (χ3n) is 6.58. The summed E-state index contributed by atoms with van der Waals surface area (Å²) in [5.41, 5.74) is 8.41. The van der Waals surface area contributed by atoms with Gasteiger partial charge in [0.05, 0.1) is 18.1 Å². The minimum atomic E-state index is 0.0637. The second-order valence-corrected chi connectivity index (χ2v) is 9.24. The van der Waals surface area contributed by atoms with E-state index >= 15 is 0 Å². The number of nitrogens with two attached hydrogens (primary N) is 1. The van der Waals surface area contributed by atoms with Crippen LogP contribution in [0.5, 0.6) is 0 Å². The lowest BCUT2D eigenvalue weighted by Crippen LogP contribution is -2.37. The van der Waals surface area contributed by atoms with Crippen molar-refractivity contribution in [1.82, 2.24) is 30.1 Å². The van der Waals surface area contributed by atoms with Crippen LogP contribution in [-0.2, 0) is 5.41 Å². The summed E-state index contributed by atoms with van der Waals surface area (Å²) in [5.74, 6) is 2.45. The average Bonchev–Trinajstić information content (AvgIpc) is 3.31. The van der Waals surface area contributed by atoms with Crippen molar-refractivity contribution in [3.63, 3.8) is 0 Å². The van der Waals surface area contributed by atoms with Gasteiger partial charge in [-0.05, 0) is 51.3 Å². The minimum Gasteiger partial charge on any atom is -0.404 e. The molecule has 3 aromatic heterocycles. The highest BCUT2D eigenvalue weighted by molar-refractivity contribution is 6.08. The molecule has 5 rings (SSSR count). The van der Waals surface area contributed by atoms with Gasteiger partial charge < -0.3 is 20.5 Å². The molecule has 1 aliphatic heterocycles. The van der Waals surface area contributed by atoms with Gasteiger partial charge in [-0.25, -0.2) is 9.50 Å². The van der Waals surface area contributed by atoms with Gasteiger partial charge in [0, 0.05) is 43.5 Å². The van der Waals surface area contributed by atoms with Crippen molar-refractivity contribution < 1.29 is 9.32 Å². The van der Waals surface area contributed by atoms with Crippen LogP contribution in [0.3, 0.4) is 0 Å². The molecule has 3 N–H and O–H groups in total. The zero-order chi connectivity index (χ0) is 26.8. The lowest BCUT2D eigenvalue weighted by Gasteiger charge is -2.33. The Labute approximate surface area is 218 Å². The number of nitrogens with one attached hydrogen (secondary N) is 1. The molecule has 11 heteroatoms. The van der Waals surface area contributed by atoms with Gasteiger partial charge >= 0.3 is 0 Å². The molecule has 0 radical (unpaired) electrons. The summed E-state index contributed by atoms with van der Waals surface area (Å²) < 4.78 is 6.76. The van der Waals surface area contributed by atoms with Gasteiger partial charge in [0.2, 0.25) is 11.7 Å². The Hall–Kier alpha value is -3.60. The van der Waals surface area contributed by atoms with E-state index in [1.807, 2.05) is 37.7 Å². The summed E-state index contributed by atoms with van der Waals surface area (Å²) in [5, 5.41) is 11.1. The molecule has 0 atom stereocenters. The Kier molecular flexibility index (Phi) is 9.90. The maximum Gasteiger partial charge on any atom is 0.235 e. The summed E-state index contributed by atoms with van der Waals surface area (Å²) >= 11 is 0. The molecule has 2 fully saturated rings. The normalized spacial score (nSPS) is 17.2. The number of aldehydes is 1. The summed E-state index contributed by atoms with van der Waals surface area (Å²) in [6.07, 6.45) is 12.0. The van der Waals surface area contributed by atoms with E-state index in [1.54, 1.807) is 19.5 Å². The molecule has 0 unspecified atom stereocenters. The zero-order valence-electron chi connectivity index (χ0n) is 22.5.